The molecule has 0 radical (unpaired) electrons. The van der Waals surface area contributed by atoms with Gasteiger partial charge in [0.15, 0.2) is 0 Å². The molecule has 0 spiro atoms. The van der Waals surface area contributed by atoms with Gasteiger partial charge in [0, 0.05) is 31.3 Å². The fourth-order valence-electron chi connectivity index (χ4n) is 2.80. The van der Waals surface area contributed by atoms with Crippen molar-refractivity contribution in [1.82, 2.24) is 5.32 Å². The van der Waals surface area contributed by atoms with E-state index in [0.717, 1.165) is 31.7 Å². The van der Waals surface area contributed by atoms with E-state index in [0.29, 0.717) is 18.4 Å². The minimum absolute atomic E-state index is 0.0560. The van der Waals surface area contributed by atoms with E-state index < -0.39 is 11.9 Å². The Morgan fingerprint density at radius 1 is 1.14 bits per heavy atom. The molecule has 1 aliphatic rings. The summed E-state index contributed by atoms with van der Waals surface area (Å²) in [7, 11) is 0. The average molecular weight is 394 g/mol. The maximum atomic E-state index is 12.2. The molecular weight excluding hydrogens is 364 g/mol. The van der Waals surface area contributed by atoms with Crippen molar-refractivity contribution in [3.63, 3.8) is 0 Å². The molecule has 1 saturated heterocycles. The second kappa shape index (κ2) is 12.1. The lowest BCUT2D eigenvalue weighted by Crippen LogP contribution is -2.36. The molecule has 1 fully saturated rings. The van der Waals surface area contributed by atoms with Gasteiger partial charge in [-0.1, -0.05) is 32.0 Å². The zero-order valence-corrected chi connectivity index (χ0v) is 16.6. The molecule has 156 valence electrons. The molecule has 0 bridgehead atoms. The first-order valence-electron chi connectivity index (χ1n) is 9.40. The van der Waals surface area contributed by atoms with E-state index in [9.17, 15) is 4.79 Å². The monoisotopic (exact) mass is 394 g/mol. The van der Waals surface area contributed by atoms with Crippen LogP contribution in [0.5, 0.6) is 0 Å². The Labute approximate surface area is 165 Å². The normalized spacial score (nSPS) is 16.8. The van der Waals surface area contributed by atoms with Gasteiger partial charge >= 0.3 is 11.9 Å². The fourth-order valence-corrected chi connectivity index (χ4v) is 2.80. The third-order valence-electron chi connectivity index (χ3n) is 4.25. The third kappa shape index (κ3) is 8.96. The zero-order valence-electron chi connectivity index (χ0n) is 16.6. The van der Waals surface area contributed by atoms with Crippen LogP contribution in [0.3, 0.4) is 0 Å². The molecule has 0 aliphatic carbocycles. The molecule has 0 aromatic heterocycles. The molecule has 8 nitrogen and oxygen atoms in total. The van der Waals surface area contributed by atoms with Crippen molar-refractivity contribution in [3.05, 3.63) is 29.8 Å². The quantitative estimate of drug-likeness (QED) is 0.524. The summed E-state index contributed by atoms with van der Waals surface area (Å²) in [4.78, 5) is 30.4. The Kier molecular flexibility index (Phi) is 10.2. The molecule has 2 unspecified atom stereocenters. The first-order valence-corrected chi connectivity index (χ1v) is 9.40. The number of hydrogen-bond donors (Lipinski definition) is 4. The number of carboxylic acids is 2. The lowest BCUT2D eigenvalue weighted by molar-refractivity contribution is -0.159. The highest BCUT2D eigenvalue weighted by Crippen LogP contribution is 2.23. The Bertz CT molecular complexity index is 644. The van der Waals surface area contributed by atoms with Crippen LogP contribution in [0, 0.1) is 0 Å². The Morgan fingerprint density at radius 2 is 1.79 bits per heavy atom. The van der Waals surface area contributed by atoms with E-state index in [2.05, 4.69) is 30.5 Å². The van der Waals surface area contributed by atoms with E-state index in [-0.39, 0.29) is 11.9 Å². The number of rotatable bonds is 7. The number of carboxylic acid groups (broad SMARTS) is 2. The Morgan fingerprint density at radius 3 is 2.32 bits per heavy atom. The van der Waals surface area contributed by atoms with Crippen LogP contribution < -0.4 is 10.6 Å². The molecule has 2 atom stereocenters. The summed E-state index contributed by atoms with van der Waals surface area (Å²) in [6.45, 7) is 8.01. The van der Waals surface area contributed by atoms with Gasteiger partial charge in [-0.25, -0.2) is 9.59 Å². The van der Waals surface area contributed by atoms with Gasteiger partial charge < -0.3 is 25.6 Å². The summed E-state index contributed by atoms with van der Waals surface area (Å²) in [5.41, 5.74) is 2.10. The molecular formula is C20H30N2O6. The zero-order chi connectivity index (χ0) is 21.1. The van der Waals surface area contributed by atoms with Crippen molar-refractivity contribution < 1.29 is 29.3 Å². The number of para-hydroxylation sites is 1. The number of carbonyl (C=O) groups excluding carboxylic acids is 1. The van der Waals surface area contributed by atoms with Gasteiger partial charge in [-0.05, 0) is 37.3 Å². The molecule has 0 saturated carbocycles. The lowest BCUT2D eigenvalue weighted by atomic mass is 10.0. The fraction of sp³-hybridized carbons (Fsp3) is 0.550. The molecule has 8 heteroatoms. The summed E-state index contributed by atoms with van der Waals surface area (Å²) in [6, 6.07) is 8.16. The van der Waals surface area contributed by atoms with Gasteiger partial charge in [0.25, 0.3) is 0 Å². The predicted octanol–water partition coefficient (Wildman–Crippen LogP) is 2.45. The van der Waals surface area contributed by atoms with Crippen molar-refractivity contribution in [1.29, 1.82) is 0 Å². The lowest BCUT2D eigenvalue weighted by Gasteiger charge is -2.18. The van der Waals surface area contributed by atoms with E-state index in [1.165, 1.54) is 5.56 Å². The number of anilines is 1. The number of benzene rings is 1. The number of nitrogens with one attached hydrogen (secondary N) is 2. The molecule has 1 aromatic carbocycles. The average Bonchev–Trinajstić information content (AvgIpc) is 3.14. The molecule has 1 amide bonds. The number of hydrogen-bond acceptors (Lipinski definition) is 5. The summed E-state index contributed by atoms with van der Waals surface area (Å²) in [6.07, 6.45) is 3.05. The number of ether oxygens (including phenoxy) is 1. The molecule has 1 heterocycles. The van der Waals surface area contributed by atoms with E-state index >= 15 is 0 Å². The number of aliphatic carboxylic acids is 2. The minimum Gasteiger partial charge on any atom is -0.473 e. The summed E-state index contributed by atoms with van der Waals surface area (Å²) in [5.74, 6) is -3.20. The van der Waals surface area contributed by atoms with Crippen LogP contribution in [-0.4, -0.2) is 53.4 Å². The summed E-state index contributed by atoms with van der Waals surface area (Å²) >= 11 is 0. The highest BCUT2D eigenvalue weighted by Gasteiger charge is 2.17. The maximum Gasteiger partial charge on any atom is 0.414 e. The predicted molar refractivity (Wildman–Crippen MR) is 105 cm³/mol. The summed E-state index contributed by atoms with van der Waals surface area (Å²) < 4.78 is 5.58. The first kappa shape index (κ1) is 23.6. The van der Waals surface area contributed by atoms with Crippen LogP contribution in [0.4, 0.5) is 5.69 Å². The van der Waals surface area contributed by atoms with Crippen LogP contribution in [0.25, 0.3) is 0 Å². The molecule has 1 aromatic rings. The van der Waals surface area contributed by atoms with Gasteiger partial charge in [-0.15, -0.1) is 0 Å². The molecule has 2 rings (SSSR count). The Hall–Kier alpha value is -2.45. The van der Waals surface area contributed by atoms with Crippen molar-refractivity contribution in [2.75, 3.05) is 18.5 Å². The molecule has 28 heavy (non-hydrogen) atoms. The van der Waals surface area contributed by atoms with Gasteiger partial charge in [0.05, 0.1) is 6.10 Å². The smallest absolute Gasteiger partial charge is 0.414 e. The van der Waals surface area contributed by atoms with Crippen LogP contribution in [-0.2, 0) is 19.1 Å². The number of carbonyl (C=O) groups is 3. The van der Waals surface area contributed by atoms with E-state index in [1.807, 2.05) is 25.1 Å². The van der Waals surface area contributed by atoms with Crippen molar-refractivity contribution in [2.45, 2.75) is 58.1 Å². The topological polar surface area (TPSA) is 125 Å². The molecule has 1 aliphatic heterocycles. The second-order valence-electron chi connectivity index (χ2n) is 7.05. The van der Waals surface area contributed by atoms with Crippen molar-refractivity contribution >= 4 is 23.5 Å². The molecule has 4 N–H and O–H groups in total. The van der Waals surface area contributed by atoms with E-state index in [4.69, 9.17) is 24.5 Å². The van der Waals surface area contributed by atoms with Crippen LogP contribution in [0.2, 0.25) is 0 Å². The van der Waals surface area contributed by atoms with Crippen LogP contribution in [0.15, 0.2) is 24.3 Å². The SMILES string of the molecule is CC(CC(=O)Nc1ccccc1C(C)C)NCC1CCCO1.O=C(O)C(=O)O. The minimum atomic E-state index is -1.82. The summed E-state index contributed by atoms with van der Waals surface area (Å²) in [5, 5.41) is 21.2. The Balaban J connectivity index is 0.000000568. The highest BCUT2D eigenvalue weighted by atomic mass is 16.5. The van der Waals surface area contributed by atoms with E-state index in [1.54, 1.807) is 0 Å². The maximum absolute atomic E-state index is 12.2. The second-order valence-corrected chi connectivity index (χ2v) is 7.05. The van der Waals surface area contributed by atoms with Crippen molar-refractivity contribution in [3.8, 4) is 0 Å². The van der Waals surface area contributed by atoms with Crippen molar-refractivity contribution in [2.24, 2.45) is 0 Å². The van der Waals surface area contributed by atoms with Gasteiger partial charge in [0.2, 0.25) is 5.91 Å². The standard InChI is InChI=1S/C18H28N2O2.C2H2O4/c1-13(2)16-8-4-5-9-17(16)20-18(21)11-14(3)19-12-15-7-6-10-22-15;3-1(4)2(5)6/h4-5,8-9,13-15,19H,6-7,10-12H2,1-3H3,(H,20,21);(H,3,4)(H,5,6). The van der Waals surface area contributed by atoms with Gasteiger partial charge in [-0.3, -0.25) is 4.79 Å². The first-order chi connectivity index (χ1) is 13.2. The van der Waals surface area contributed by atoms with Gasteiger partial charge in [0.1, 0.15) is 0 Å². The van der Waals surface area contributed by atoms with Gasteiger partial charge in [-0.2, -0.15) is 0 Å². The largest absolute Gasteiger partial charge is 0.473 e. The third-order valence-corrected chi connectivity index (χ3v) is 4.25. The number of amides is 1. The highest BCUT2D eigenvalue weighted by molar-refractivity contribution is 6.27. The van der Waals surface area contributed by atoms with Crippen LogP contribution in [0.1, 0.15) is 51.5 Å². The van der Waals surface area contributed by atoms with Crippen LogP contribution >= 0.6 is 0 Å².